The number of carboxylic acid groups (broad SMARTS) is 1. The van der Waals surface area contributed by atoms with Gasteiger partial charge in [0.05, 0.1) is 12.1 Å². The van der Waals surface area contributed by atoms with Crippen molar-refractivity contribution in [2.24, 2.45) is 17.6 Å². The molecule has 168 valence electrons. The van der Waals surface area contributed by atoms with E-state index in [0.29, 0.717) is 6.42 Å². The number of amides is 3. The number of carbonyl (C=O) groups is 4. The van der Waals surface area contributed by atoms with Gasteiger partial charge in [0.1, 0.15) is 18.1 Å². The molecule has 0 aromatic carbocycles. The molecule has 0 aliphatic carbocycles. The van der Waals surface area contributed by atoms with Gasteiger partial charge in [-0.15, -0.1) is 0 Å². The van der Waals surface area contributed by atoms with Crippen molar-refractivity contribution in [3.63, 3.8) is 0 Å². The Morgan fingerprint density at radius 3 is 1.59 bits per heavy atom. The van der Waals surface area contributed by atoms with Crippen molar-refractivity contribution in [1.82, 2.24) is 16.0 Å². The summed E-state index contributed by atoms with van der Waals surface area (Å²) < 4.78 is 0. The average molecular weight is 417 g/mol. The molecule has 0 rings (SSSR count). The summed E-state index contributed by atoms with van der Waals surface area (Å²) in [6.07, 6.45) is -0.790. The van der Waals surface area contributed by atoms with Gasteiger partial charge in [-0.3, -0.25) is 14.4 Å². The molecule has 0 saturated heterocycles. The molecule has 0 aliphatic rings. The van der Waals surface area contributed by atoms with E-state index in [9.17, 15) is 29.4 Å². The third kappa shape index (κ3) is 10.2. The largest absolute Gasteiger partial charge is 0.480 e. The van der Waals surface area contributed by atoms with Gasteiger partial charge in [-0.1, -0.05) is 27.7 Å². The van der Waals surface area contributed by atoms with Gasteiger partial charge in [0.15, 0.2) is 0 Å². The SMILES string of the molecule is CC(C)CC(NC(=O)C(NC(=O)C(CC(C)C)NC(=O)C(C)N)C(C)O)C(=O)O. The zero-order valence-electron chi connectivity index (χ0n) is 18.1. The molecule has 10 nitrogen and oxygen atoms in total. The minimum atomic E-state index is -1.38. The maximum absolute atomic E-state index is 12.7. The number of aliphatic hydroxyl groups excluding tert-OH is 1. The number of aliphatic carboxylic acids is 1. The normalized spacial score (nSPS) is 16.5. The first kappa shape index (κ1) is 26.8. The molecule has 5 unspecified atom stereocenters. The van der Waals surface area contributed by atoms with Crippen LogP contribution in [0.15, 0.2) is 0 Å². The van der Waals surface area contributed by atoms with Crippen LogP contribution in [0.1, 0.15) is 54.4 Å². The molecule has 0 aromatic rings. The molecular weight excluding hydrogens is 380 g/mol. The standard InChI is InChI=1S/C19H36N4O6/c1-9(2)7-13(21-16(25)11(5)20)17(26)23-15(12(6)24)18(27)22-14(19(28)29)8-10(3)4/h9-15,24H,7-8,20H2,1-6H3,(H,21,25)(H,22,27)(H,23,26)(H,28,29). The van der Waals surface area contributed by atoms with Crippen LogP contribution in [0.3, 0.4) is 0 Å². The van der Waals surface area contributed by atoms with E-state index < -0.39 is 54.0 Å². The maximum Gasteiger partial charge on any atom is 0.326 e. The minimum absolute atomic E-state index is 0.0138. The van der Waals surface area contributed by atoms with E-state index in [4.69, 9.17) is 5.73 Å². The monoisotopic (exact) mass is 416 g/mol. The molecular formula is C19H36N4O6. The molecule has 0 heterocycles. The van der Waals surface area contributed by atoms with Gasteiger partial charge in [0, 0.05) is 0 Å². The predicted molar refractivity (Wildman–Crippen MR) is 108 cm³/mol. The Kier molecular flexibility index (Phi) is 11.4. The number of nitrogens with two attached hydrogens (primary N) is 1. The number of rotatable bonds is 12. The van der Waals surface area contributed by atoms with Crippen LogP contribution in [0.25, 0.3) is 0 Å². The molecule has 0 radical (unpaired) electrons. The summed E-state index contributed by atoms with van der Waals surface area (Å²) in [6, 6.07) is -4.29. The summed E-state index contributed by atoms with van der Waals surface area (Å²) in [5.41, 5.74) is 5.53. The summed E-state index contributed by atoms with van der Waals surface area (Å²) in [4.78, 5) is 48.5. The number of hydrogen-bond acceptors (Lipinski definition) is 6. The lowest BCUT2D eigenvalue weighted by Gasteiger charge is -2.27. The fraction of sp³-hybridized carbons (Fsp3) is 0.789. The zero-order valence-corrected chi connectivity index (χ0v) is 18.1. The third-order valence-corrected chi connectivity index (χ3v) is 4.14. The topological polar surface area (TPSA) is 171 Å². The Bertz CT molecular complexity index is 577. The van der Waals surface area contributed by atoms with Crippen molar-refractivity contribution in [1.29, 1.82) is 0 Å². The van der Waals surface area contributed by atoms with Gasteiger partial charge >= 0.3 is 5.97 Å². The molecule has 29 heavy (non-hydrogen) atoms. The molecule has 5 atom stereocenters. The Morgan fingerprint density at radius 2 is 1.21 bits per heavy atom. The van der Waals surface area contributed by atoms with E-state index in [1.807, 2.05) is 27.7 Å². The van der Waals surface area contributed by atoms with Gasteiger partial charge in [0.2, 0.25) is 17.7 Å². The first-order valence-electron chi connectivity index (χ1n) is 9.83. The van der Waals surface area contributed by atoms with E-state index in [0.717, 1.165) is 0 Å². The van der Waals surface area contributed by atoms with Gasteiger partial charge in [-0.05, 0) is 38.5 Å². The minimum Gasteiger partial charge on any atom is -0.480 e. The van der Waals surface area contributed by atoms with Crippen LogP contribution in [0.2, 0.25) is 0 Å². The van der Waals surface area contributed by atoms with Crippen molar-refractivity contribution in [3.05, 3.63) is 0 Å². The van der Waals surface area contributed by atoms with E-state index in [2.05, 4.69) is 16.0 Å². The Balaban J connectivity index is 5.34. The smallest absolute Gasteiger partial charge is 0.326 e. The molecule has 0 aromatic heterocycles. The second-order valence-electron chi connectivity index (χ2n) is 8.24. The molecule has 0 bridgehead atoms. The van der Waals surface area contributed by atoms with Crippen molar-refractivity contribution in [3.8, 4) is 0 Å². The Labute approximate surface area is 172 Å². The fourth-order valence-corrected chi connectivity index (χ4v) is 2.62. The van der Waals surface area contributed by atoms with Crippen LogP contribution in [-0.2, 0) is 19.2 Å². The van der Waals surface area contributed by atoms with E-state index in [1.165, 1.54) is 13.8 Å². The van der Waals surface area contributed by atoms with Crippen LogP contribution >= 0.6 is 0 Å². The summed E-state index contributed by atoms with van der Waals surface area (Å²) >= 11 is 0. The molecule has 0 saturated carbocycles. The van der Waals surface area contributed by atoms with Gasteiger partial charge in [-0.25, -0.2) is 4.79 Å². The van der Waals surface area contributed by atoms with E-state index >= 15 is 0 Å². The van der Waals surface area contributed by atoms with E-state index in [-0.39, 0.29) is 18.3 Å². The number of hydrogen-bond donors (Lipinski definition) is 6. The molecule has 10 heteroatoms. The zero-order chi connectivity index (χ0) is 22.9. The van der Waals surface area contributed by atoms with Gasteiger partial charge in [0.25, 0.3) is 0 Å². The highest BCUT2D eigenvalue weighted by molar-refractivity contribution is 5.94. The van der Waals surface area contributed by atoms with Crippen LogP contribution in [0.5, 0.6) is 0 Å². The van der Waals surface area contributed by atoms with Crippen LogP contribution in [0.4, 0.5) is 0 Å². The van der Waals surface area contributed by atoms with Crippen LogP contribution < -0.4 is 21.7 Å². The lowest BCUT2D eigenvalue weighted by atomic mass is 10.0. The van der Waals surface area contributed by atoms with Crippen molar-refractivity contribution < 1.29 is 29.4 Å². The first-order valence-corrected chi connectivity index (χ1v) is 9.83. The maximum atomic E-state index is 12.7. The quantitative estimate of drug-likeness (QED) is 0.245. The Hall–Kier alpha value is -2.20. The van der Waals surface area contributed by atoms with Crippen molar-refractivity contribution in [2.45, 2.75) is 84.7 Å². The lowest BCUT2D eigenvalue weighted by Crippen LogP contribution is -2.60. The molecule has 0 aliphatic heterocycles. The first-order chi connectivity index (χ1) is 13.3. The third-order valence-electron chi connectivity index (χ3n) is 4.14. The number of carbonyl (C=O) groups excluding carboxylic acids is 3. The highest BCUT2D eigenvalue weighted by Crippen LogP contribution is 2.08. The lowest BCUT2D eigenvalue weighted by molar-refractivity contribution is -0.143. The summed E-state index contributed by atoms with van der Waals surface area (Å²) in [5, 5.41) is 26.6. The number of aliphatic hydroxyl groups is 1. The van der Waals surface area contributed by atoms with Gasteiger partial charge < -0.3 is 31.9 Å². The van der Waals surface area contributed by atoms with Crippen molar-refractivity contribution in [2.75, 3.05) is 0 Å². The second-order valence-corrected chi connectivity index (χ2v) is 8.24. The highest BCUT2D eigenvalue weighted by Gasteiger charge is 2.32. The van der Waals surface area contributed by atoms with Crippen LogP contribution in [0, 0.1) is 11.8 Å². The summed E-state index contributed by atoms with van der Waals surface area (Å²) in [6.45, 7) is 10.1. The number of carboxylic acids is 1. The second kappa shape index (κ2) is 12.4. The molecule has 3 amide bonds. The number of nitrogens with one attached hydrogen (secondary N) is 3. The predicted octanol–water partition coefficient (Wildman–Crippen LogP) is -0.654. The summed E-state index contributed by atoms with van der Waals surface area (Å²) in [7, 11) is 0. The van der Waals surface area contributed by atoms with Gasteiger partial charge in [-0.2, -0.15) is 0 Å². The summed E-state index contributed by atoms with van der Waals surface area (Å²) in [5.74, 6) is -3.13. The Morgan fingerprint density at radius 1 is 0.759 bits per heavy atom. The highest BCUT2D eigenvalue weighted by atomic mass is 16.4. The fourth-order valence-electron chi connectivity index (χ4n) is 2.62. The van der Waals surface area contributed by atoms with Crippen LogP contribution in [-0.4, -0.2) is 64.2 Å². The van der Waals surface area contributed by atoms with Crippen molar-refractivity contribution >= 4 is 23.7 Å². The van der Waals surface area contributed by atoms with E-state index in [1.54, 1.807) is 0 Å². The molecule has 0 spiro atoms. The molecule has 0 fully saturated rings. The average Bonchev–Trinajstić information content (AvgIpc) is 2.56. The molecule has 7 N–H and O–H groups in total.